The van der Waals surface area contributed by atoms with Crippen molar-refractivity contribution in [2.75, 3.05) is 12.4 Å². The van der Waals surface area contributed by atoms with E-state index in [2.05, 4.69) is 29.1 Å². The van der Waals surface area contributed by atoms with Crippen LogP contribution in [-0.2, 0) is 0 Å². The normalized spacial score (nSPS) is 10.4. The van der Waals surface area contributed by atoms with Crippen LogP contribution in [0.5, 0.6) is 5.75 Å². The molecule has 0 bridgehead atoms. The maximum Gasteiger partial charge on any atom is 0.275 e. The number of nitrogens with zero attached hydrogens (tertiary/aromatic N) is 2. The van der Waals surface area contributed by atoms with Gasteiger partial charge in [-0.05, 0) is 29.7 Å². The molecule has 0 saturated carbocycles. The second kappa shape index (κ2) is 6.14. The van der Waals surface area contributed by atoms with Gasteiger partial charge in [-0.25, -0.2) is 4.98 Å². The number of hydrogen-bond acceptors (Lipinski definition) is 4. The van der Waals surface area contributed by atoms with Crippen LogP contribution in [0.3, 0.4) is 0 Å². The summed E-state index contributed by atoms with van der Waals surface area (Å²) >= 11 is 0. The second-order valence-corrected chi connectivity index (χ2v) is 4.66. The summed E-state index contributed by atoms with van der Waals surface area (Å²) in [5.74, 6) is 0.841. The molecule has 0 radical (unpaired) electrons. The van der Waals surface area contributed by atoms with Gasteiger partial charge in [-0.2, -0.15) is 0 Å². The topological polar surface area (TPSA) is 64.1 Å². The number of amides is 1. The highest BCUT2D eigenvalue weighted by atomic mass is 16.5. The van der Waals surface area contributed by atoms with E-state index < -0.39 is 0 Å². The number of rotatable bonds is 4. The number of aromatic nitrogens is 2. The molecular formula is C15H17N3O2. The van der Waals surface area contributed by atoms with E-state index in [4.69, 9.17) is 4.74 Å². The van der Waals surface area contributed by atoms with Crippen molar-refractivity contribution in [3.63, 3.8) is 0 Å². The number of anilines is 1. The molecular weight excluding hydrogens is 254 g/mol. The summed E-state index contributed by atoms with van der Waals surface area (Å²) in [5, 5.41) is 2.81. The summed E-state index contributed by atoms with van der Waals surface area (Å²) in [7, 11) is 1.64. The van der Waals surface area contributed by atoms with Gasteiger partial charge in [0.15, 0.2) is 0 Å². The Morgan fingerprint density at radius 3 is 2.70 bits per heavy atom. The van der Waals surface area contributed by atoms with Gasteiger partial charge in [0, 0.05) is 18.1 Å². The van der Waals surface area contributed by atoms with Crippen molar-refractivity contribution in [3.8, 4) is 5.75 Å². The van der Waals surface area contributed by atoms with E-state index in [1.165, 1.54) is 18.6 Å². The maximum absolute atomic E-state index is 12.0. The Hall–Kier alpha value is -2.43. The van der Waals surface area contributed by atoms with Crippen LogP contribution in [-0.4, -0.2) is 23.0 Å². The average molecular weight is 271 g/mol. The van der Waals surface area contributed by atoms with E-state index in [0.717, 1.165) is 11.3 Å². The van der Waals surface area contributed by atoms with Gasteiger partial charge in [-0.3, -0.25) is 9.78 Å². The van der Waals surface area contributed by atoms with E-state index in [-0.39, 0.29) is 11.6 Å². The Bertz CT molecular complexity index is 597. The molecule has 0 aliphatic carbocycles. The molecule has 0 aliphatic heterocycles. The van der Waals surface area contributed by atoms with Gasteiger partial charge in [0.1, 0.15) is 11.4 Å². The Balaban J connectivity index is 2.22. The summed E-state index contributed by atoms with van der Waals surface area (Å²) in [6.07, 6.45) is 4.45. The summed E-state index contributed by atoms with van der Waals surface area (Å²) in [4.78, 5) is 19.8. The van der Waals surface area contributed by atoms with Gasteiger partial charge in [0.25, 0.3) is 5.91 Å². The van der Waals surface area contributed by atoms with Crippen molar-refractivity contribution in [1.82, 2.24) is 9.97 Å². The van der Waals surface area contributed by atoms with Crippen molar-refractivity contribution in [2.24, 2.45) is 0 Å². The molecule has 1 heterocycles. The molecule has 5 nitrogen and oxygen atoms in total. The molecule has 0 fully saturated rings. The Labute approximate surface area is 118 Å². The average Bonchev–Trinajstić information content (AvgIpc) is 2.48. The molecule has 0 aliphatic rings. The molecule has 0 unspecified atom stereocenters. The predicted molar refractivity (Wildman–Crippen MR) is 77.1 cm³/mol. The number of ether oxygens (including phenoxy) is 1. The minimum atomic E-state index is -0.280. The van der Waals surface area contributed by atoms with Gasteiger partial charge in [0.05, 0.1) is 13.3 Å². The van der Waals surface area contributed by atoms with Crippen LogP contribution in [0.15, 0.2) is 36.8 Å². The molecule has 1 N–H and O–H groups in total. The zero-order chi connectivity index (χ0) is 14.5. The van der Waals surface area contributed by atoms with Crippen LogP contribution in [0.2, 0.25) is 0 Å². The second-order valence-electron chi connectivity index (χ2n) is 4.66. The fraction of sp³-hybridized carbons (Fsp3) is 0.267. The number of carbonyl (C=O) groups excluding carboxylic acids is 1. The van der Waals surface area contributed by atoms with E-state index >= 15 is 0 Å². The minimum Gasteiger partial charge on any atom is -0.496 e. The molecule has 1 aromatic heterocycles. The minimum absolute atomic E-state index is 0.280. The van der Waals surface area contributed by atoms with Crippen molar-refractivity contribution < 1.29 is 9.53 Å². The lowest BCUT2D eigenvalue weighted by molar-refractivity contribution is 0.102. The van der Waals surface area contributed by atoms with Crippen molar-refractivity contribution >= 4 is 11.6 Å². The Morgan fingerprint density at radius 1 is 1.30 bits per heavy atom. The quantitative estimate of drug-likeness (QED) is 0.928. The van der Waals surface area contributed by atoms with Crippen LogP contribution >= 0.6 is 0 Å². The van der Waals surface area contributed by atoms with Gasteiger partial charge >= 0.3 is 0 Å². The first-order valence-corrected chi connectivity index (χ1v) is 6.37. The largest absolute Gasteiger partial charge is 0.496 e. The third kappa shape index (κ3) is 3.12. The van der Waals surface area contributed by atoms with Gasteiger partial charge in [-0.15, -0.1) is 0 Å². The lowest BCUT2D eigenvalue weighted by Crippen LogP contribution is -2.14. The zero-order valence-corrected chi connectivity index (χ0v) is 11.8. The van der Waals surface area contributed by atoms with Crippen molar-refractivity contribution in [3.05, 3.63) is 48.0 Å². The summed E-state index contributed by atoms with van der Waals surface area (Å²) in [5.41, 5.74) is 2.05. The molecule has 0 spiro atoms. The van der Waals surface area contributed by atoms with E-state index in [9.17, 15) is 4.79 Å². The van der Waals surface area contributed by atoms with Crippen molar-refractivity contribution in [2.45, 2.75) is 19.8 Å². The first-order chi connectivity index (χ1) is 9.61. The van der Waals surface area contributed by atoms with E-state index in [1.807, 2.05) is 12.1 Å². The summed E-state index contributed by atoms with van der Waals surface area (Å²) in [6, 6.07) is 5.57. The van der Waals surface area contributed by atoms with Gasteiger partial charge in [0.2, 0.25) is 0 Å². The molecule has 1 aromatic carbocycles. The SMILES string of the molecule is COc1ccc(NC(=O)c2cnccn2)cc1C(C)C. The Morgan fingerprint density at radius 2 is 2.10 bits per heavy atom. The van der Waals surface area contributed by atoms with Crippen molar-refractivity contribution in [1.29, 1.82) is 0 Å². The third-order valence-electron chi connectivity index (χ3n) is 2.91. The summed E-state index contributed by atoms with van der Waals surface area (Å²) < 4.78 is 5.32. The van der Waals surface area contributed by atoms with Gasteiger partial charge in [-0.1, -0.05) is 13.8 Å². The molecule has 104 valence electrons. The van der Waals surface area contributed by atoms with Gasteiger partial charge < -0.3 is 10.1 Å². The molecule has 0 atom stereocenters. The standard InChI is InChI=1S/C15H17N3O2/c1-10(2)12-8-11(4-5-14(12)20-3)18-15(19)13-9-16-6-7-17-13/h4-10H,1-3H3,(H,18,19). The van der Waals surface area contributed by atoms with E-state index in [0.29, 0.717) is 11.6 Å². The smallest absolute Gasteiger partial charge is 0.275 e. The molecule has 20 heavy (non-hydrogen) atoms. The number of hydrogen-bond donors (Lipinski definition) is 1. The van der Waals surface area contributed by atoms with E-state index in [1.54, 1.807) is 13.2 Å². The molecule has 1 amide bonds. The fourth-order valence-electron chi connectivity index (χ4n) is 1.87. The Kier molecular flexibility index (Phi) is 4.30. The fourth-order valence-corrected chi connectivity index (χ4v) is 1.87. The van der Waals surface area contributed by atoms with Crippen LogP contribution in [0.1, 0.15) is 35.8 Å². The van der Waals surface area contributed by atoms with Crippen LogP contribution in [0, 0.1) is 0 Å². The van der Waals surface area contributed by atoms with Crippen LogP contribution in [0.4, 0.5) is 5.69 Å². The number of methoxy groups -OCH3 is 1. The number of carbonyl (C=O) groups is 1. The number of nitrogens with one attached hydrogen (secondary N) is 1. The van der Waals surface area contributed by atoms with Crippen LogP contribution < -0.4 is 10.1 Å². The predicted octanol–water partition coefficient (Wildman–Crippen LogP) is 2.86. The number of benzene rings is 1. The third-order valence-corrected chi connectivity index (χ3v) is 2.91. The zero-order valence-electron chi connectivity index (χ0n) is 11.8. The first-order valence-electron chi connectivity index (χ1n) is 6.37. The molecule has 2 rings (SSSR count). The lowest BCUT2D eigenvalue weighted by Gasteiger charge is -2.14. The molecule has 2 aromatic rings. The molecule has 0 saturated heterocycles. The summed E-state index contributed by atoms with van der Waals surface area (Å²) in [6.45, 7) is 4.15. The molecule has 5 heteroatoms. The highest BCUT2D eigenvalue weighted by Crippen LogP contribution is 2.29. The lowest BCUT2D eigenvalue weighted by atomic mass is 10.0. The monoisotopic (exact) mass is 271 g/mol. The van der Waals surface area contributed by atoms with Crippen LogP contribution in [0.25, 0.3) is 0 Å². The maximum atomic E-state index is 12.0. The first kappa shape index (κ1) is 14.0. The highest BCUT2D eigenvalue weighted by molar-refractivity contribution is 6.02. The highest BCUT2D eigenvalue weighted by Gasteiger charge is 2.11.